The SMILES string of the molecule is O=c1oc2ccccc2c2c1cnn2Cc1cn(-c2ccccc2)nn1. The molecule has 0 spiro atoms. The van der Waals surface area contributed by atoms with Crippen LogP contribution in [0.25, 0.3) is 27.6 Å². The van der Waals surface area contributed by atoms with Crippen LogP contribution in [0.15, 0.2) is 76.2 Å². The van der Waals surface area contributed by atoms with Gasteiger partial charge in [0, 0.05) is 5.39 Å². The molecule has 0 N–H and O–H groups in total. The summed E-state index contributed by atoms with van der Waals surface area (Å²) in [5, 5.41) is 14.1. The van der Waals surface area contributed by atoms with Crippen LogP contribution in [0.1, 0.15) is 5.69 Å². The molecule has 0 saturated heterocycles. The first-order valence-corrected chi connectivity index (χ1v) is 8.13. The van der Waals surface area contributed by atoms with Crippen LogP contribution in [0.4, 0.5) is 0 Å². The number of para-hydroxylation sites is 2. The van der Waals surface area contributed by atoms with Gasteiger partial charge in [0.1, 0.15) is 16.7 Å². The molecule has 0 saturated carbocycles. The number of aromatic nitrogens is 5. The Morgan fingerprint density at radius 1 is 0.962 bits per heavy atom. The maximum Gasteiger partial charge on any atom is 0.347 e. The number of hydrogen-bond acceptors (Lipinski definition) is 5. The number of nitrogens with zero attached hydrogens (tertiary/aromatic N) is 5. The second-order valence-electron chi connectivity index (χ2n) is 5.94. The molecule has 5 rings (SSSR count). The second kappa shape index (κ2) is 5.66. The molecular weight excluding hydrogens is 330 g/mol. The lowest BCUT2D eigenvalue weighted by Crippen LogP contribution is -2.04. The normalized spacial score (nSPS) is 11.4. The van der Waals surface area contributed by atoms with Gasteiger partial charge in [-0.15, -0.1) is 5.10 Å². The van der Waals surface area contributed by atoms with E-state index in [0.29, 0.717) is 17.5 Å². The molecule has 0 fully saturated rings. The monoisotopic (exact) mass is 343 g/mol. The molecule has 3 aromatic heterocycles. The van der Waals surface area contributed by atoms with E-state index >= 15 is 0 Å². The van der Waals surface area contributed by atoms with E-state index in [4.69, 9.17) is 4.42 Å². The van der Waals surface area contributed by atoms with Gasteiger partial charge in [-0.1, -0.05) is 35.5 Å². The maximum atomic E-state index is 12.2. The van der Waals surface area contributed by atoms with Crippen molar-refractivity contribution in [3.63, 3.8) is 0 Å². The molecular formula is C19H13N5O2. The third kappa shape index (κ3) is 2.29. The largest absolute Gasteiger partial charge is 0.422 e. The van der Waals surface area contributed by atoms with Crippen LogP contribution in [-0.2, 0) is 6.54 Å². The number of rotatable bonds is 3. The lowest BCUT2D eigenvalue weighted by Gasteiger charge is -2.03. The van der Waals surface area contributed by atoms with Crippen molar-refractivity contribution in [3.05, 3.63) is 83.1 Å². The Labute approximate surface area is 147 Å². The van der Waals surface area contributed by atoms with Crippen molar-refractivity contribution in [2.45, 2.75) is 6.54 Å². The molecule has 0 aliphatic carbocycles. The minimum Gasteiger partial charge on any atom is -0.422 e. The highest BCUT2D eigenvalue weighted by Gasteiger charge is 2.14. The van der Waals surface area contributed by atoms with Crippen LogP contribution < -0.4 is 5.63 Å². The van der Waals surface area contributed by atoms with Crippen molar-refractivity contribution < 1.29 is 4.42 Å². The molecule has 0 radical (unpaired) electrons. The summed E-state index contributed by atoms with van der Waals surface area (Å²) in [4.78, 5) is 12.2. The summed E-state index contributed by atoms with van der Waals surface area (Å²) in [7, 11) is 0. The highest BCUT2D eigenvalue weighted by molar-refractivity contribution is 6.01. The summed E-state index contributed by atoms with van der Waals surface area (Å²) >= 11 is 0. The van der Waals surface area contributed by atoms with Crippen molar-refractivity contribution >= 4 is 21.9 Å². The zero-order valence-corrected chi connectivity index (χ0v) is 13.6. The molecule has 0 atom stereocenters. The zero-order chi connectivity index (χ0) is 17.5. The molecule has 126 valence electrons. The second-order valence-corrected chi connectivity index (χ2v) is 5.94. The first-order valence-electron chi connectivity index (χ1n) is 8.13. The first-order chi connectivity index (χ1) is 12.8. The van der Waals surface area contributed by atoms with Gasteiger partial charge in [-0.3, -0.25) is 4.68 Å². The Bertz CT molecular complexity index is 1280. The van der Waals surface area contributed by atoms with Crippen LogP contribution in [0, 0.1) is 0 Å². The molecule has 0 unspecified atom stereocenters. The van der Waals surface area contributed by atoms with E-state index in [2.05, 4.69) is 15.4 Å². The van der Waals surface area contributed by atoms with Crippen molar-refractivity contribution in [1.29, 1.82) is 0 Å². The van der Waals surface area contributed by atoms with Gasteiger partial charge in [-0.05, 0) is 24.3 Å². The zero-order valence-electron chi connectivity index (χ0n) is 13.6. The molecule has 5 aromatic rings. The summed E-state index contributed by atoms with van der Waals surface area (Å²) in [6.07, 6.45) is 3.39. The highest BCUT2D eigenvalue weighted by atomic mass is 16.4. The van der Waals surface area contributed by atoms with Crippen LogP contribution in [0.3, 0.4) is 0 Å². The van der Waals surface area contributed by atoms with E-state index in [9.17, 15) is 4.79 Å². The van der Waals surface area contributed by atoms with Gasteiger partial charge in [0.05, 0.1) is 30.1 Å². The van der Waals surface area contributed by atoms with Gasteiger partial charge >= 0.3 is 5.63 Å². The molecule has 0 aliphatic heterocycles. The maximum absolute atomic E-state index is 12.2. The topological polar surface area (TPSA) is 78.7 Å². The van der Waals surface area contributed by atoms with Gasteiger partial charge in [0.2, 0.25) is 0 Å². The molecule has 0 bridgehead atoms. The minimum atomic E-state index is -0.391. The van der Waals surface area contributed by atoms with E-state index in [1.54, 1.807) is 15.4 Å². The van der Waals surface area contributed by atoms with Gasteiger partial charge in [0.15, 0.2) is 0 Å². The first kappa shape index (κ1) is 14.6. The molecule has 7 nitrogen and oxygen atoms in total. The van der Waals surface area contributed by atoms with Gasteiger partial charge < -0.3 is 4.42 Å². The quantitative estimate of drug-likeness (QED) is 0.471. The summed E-state index contributed by atoms with van der Waals surface area (Å²) in [6, 6.07) is 17.2. The van der Waals surface area contributed by atoms with Gasteiger partial charge in [-0.25, -0.2) is 9.48 Å². The van der Waals surface area contributed by atoms with Crippen LogP contribution in [0.5, 0.6) is 0 Å². The van der Waals surface area contributed by atoms with E-state index < -0.39 is 5.63 Å². The predicted molar refractivity (Wildman–Crippen MR) is 96.2 cm³/mol. The summed E-state index contributed by atoms with van der Waals surface area (Å²) in [6.45, 7) is 0.407. The lowest BCUT2D eigenvalue weighted by atomic mass is 10.2. The van der Waals surface area contributed by atoms with E-state index in [1.165, 1.54) is 6.20 Å². The Morgan fingerprint density at radius 3 is 2.65 bits per heavy atom. The fraction of sp³-hybridized carbons (Fsp3) is 0.0526. The van der Waals surface area contributed by atoms with Crippen molar-refractivity contribution in [1.82, 2.24) is 24.8 Å². The Kier molecular flexibility index (Phi) is 3.18. The highest BCUT2D eigenvalue weighted by Crippen LogP contribution is 2.22. The van der Waals surface area contributed by atoms with E-state index in [1.807, 2.05) is 54.7 Å². The average molecular weight is 343 g/mol. The van der Waals surface area contributed by atoms with Crippen LogP contribution in [-0.4, -0.2) is 24.8 Å². The Morgan fingerprint density at radius 2 is 1.77 bits per heavy atom. The van der Waals surface area contributed by atoms with Crippen molar-refractivity contribution in [2.24, 2.45) is 0 Å². The Hall–Kier alpha value is -3.74. The average Bonchev–Trinajstić information content (AvgIpc) is 3.31. The molecule has 3 heterocycles. The third-order valence-electron chi connectivity index (χ3n) is 4.28. The number of fused-ring (bicyclic) bond motifs is 3. The molecule has 2 aromatic carbocycles. The lowest BCUT2D eigenvalue weighted by molar-refractivity contribution is 0.569. The van der Waals surface area contributed by atoms with E-state index in [-0.39, 0.29) is 0 Å². The van der Waals surface area contributed by atoms with Crippen LogP contribution >= 0.6 is 0 Å². The van der Waals surface area contributed by atoms with Gasteiger partial charge in [-0.2, -0.15) is 5.10 Å². The standard InChI is InChI=1S/C19H13N5O2/c25-19-16-10-20-24(18(16)15-8-4-5-9-17(15)26-19)12-13-11-23(22-21-13)14-6-2-1-3-7-14/h1-11H,12H2. The minimum absolute atomic E-state index is 0.391. The summed E-state index contributed by atoms with van der Waals surface area (Å²) in [5.74, 6) is 0. The van der Waals surface area contributed by atoms with Crippen LogP contribution in [0.2, 0.25) is 0 Å². The Balaban J connectivity index is 1.61. The number of hydrogen-bond donors (Lipinski definition) is 0. The van der Waals surface area contributed by atoms with E-state index in [0.717, 1.165) is 22.3 Å². The summed E-state index contributed by atoms with van der Waals surface area (Å²) < 4.78 is 8.83. The fourth-order valence-electron chi connectivity index (χ4n) is 3.08. The molecule has 0 amide bonds. The predicted octanol–water partition coefficient (Wildman–Crippen LogP) is 2.77. The summed E-state index contributed by atoms with van der Waals surface area (Å²) in [5.41, 5.74) is 2.57. The molecule has 0 aliphatic rings. The van der Waals surface area contributed by atoms with Crippen molar-refractivity contribution in [3.8, 4) is 5.69 Å². The molecule has 26 heavy (non-hydrogen) atoms. The molecule has 7 heteroatoms. The van der Waals surface area contributed by atoms with Crippen molar-refractivity contribution in [2.75, 3.05) is 0 Å². The third-order valence-corrected chi connectivity index (χ3v) is 4.28. The number of benzene rings is 2. The smallest absolute Gasteiger partial charge is 0.347 e. The van der Waals surface area contributed by atoms with Gasteiger partial charge in [0.25, 0.3) is 0 Å². The fourth-order valence-corrected chi connectivity index (χ4v) is 3.08.